The molecule has 0 amide bonds. The van der Waals surface area contributed by atoms with Gasteiger partial charge in [0.15, 0.2) is 5.96 Å². The molecular formula is C22H35N3O2. The molecular weight excluding hydrogens is 338 g/mol. The number of likely N-dealkylation sites (tertiary alicyclic amines) is 1. The van der Waals surface area contributed by atoms with Crippen LogP contribution in [0.15, 0.2) is 29.3 Å². The van der Waals surface area contributed by atoms with Crippen molar-refractivity contribution in [1.29, 1.82) is 0 Å². The number of piperidine rings is 1. The fourth-order valence-electron chi connectivity index (χ4n) is 4.36. The molecule has 0 spiro atoms. The molecule has 0 saturated carbocycles. The number of guanidine groups is 1. The minimum Gasteiger partial charge on any atom is -0.494 e. The monoisotopic (exact) mass is 373 g/mol. The van der Waals surface area contributed by atoms with Crippen molar-refractivity contribution in [3.63, 3.8) is 0 Å². The lowest BCUT2D eigenvalue weighted by molar-refractivity contribution is 0.0510. The summed E-state index contributed by atoms with van der Waals surface area (Å²) < 4.78 is 11.3. The lowest BCUT2D eigenvalue weighted by Gasteiger charge is -2.40. The highest BCUT2D eigenvalue weighted by Gasteiger charge is 2.35. The molecule has 0 radical (unpaired) electrons. The molecule has 5 heteroatoms. The van der Waals surface area contributed by atoms with Crippen LogP contribution in [0.2, 0.25) is 0 Å². The van der Waals surface area contributed by atoms with E-state index < -0.39 is 0 Å². The summed E-state index contributed by atoms with van der Waals surface area (Å²) in [6, 6.07) is 8.64. The number of nitrogens with one attached hydrogen (secondary N) is 1. The molecule has 1 N–H and O–H groups in total. The van der Waals surface area contributed by atoms with E-state index in [2.05, 4.69) is 46.4 Å². The van der Waals surface area contributed by atoms with Crippen LogP contribution in [0.3, 0.4) is 0 Å². The molecule has 1 aromatic carbocycles. The van der Waals surface area contributed by atoms with Crippen molar-refractivity contribution in [3.8, 4) is 5.75 Å². The average molecular weight is 374 g/mol. The van der Waals surface area contributed by atoms with Crippen molar-refractivity contribution in [2.75, 3.05) is 46.5 Å². The maximum absolute atomic E-state index is 5.68. The van der Waals surface area contributed by atoms with Crippen LogP contribution < -0.4 is 10.1 Å². The fourth-order valence-corrected chi connectivity index (χ4v) is 4.36. The van der Waals surface area contributed by atoms with Crippen LogP contribution in [0, 0.1) is 5.92 Å². The molecule has 2 fully saturated rings. The number of hydrogen-bond acceptors (Lipinski definition) is 3. The highest BCUT2D eigenvalue weighted by molar-refractivity contribution is 5.80. The van der Waals surface area contributed by atoms with Gasteiger partial charge in [0.25, 0.3) is 0 Å². The molecule has 1 atom stereocenters. The van der Waals surface area contributed by atoms with E-state index in [9.17, 15) is 0 Å². The quantitative estimate of drug-likeness (QED) is 0.634. The molecule has 2 saturated heterocycles. The molecule has 2 heterocycles. The van der Waals surface area contributed by atoms with E-state index in [-0.39, 0.29) is 5.41 Å². The van der Waals surface area contributed by atoms with Gasteiger partial charge in [0, 0.05) is 45.3 Å². The summed E-state index contributed by atoms with van der Waals surface area (Å²) in [5.74, 6) is 2.72. The zero-order chi connectivity index (χ0) is 19.1. The van der Waals surface area contributed by atoms with Gasteiger partial charge >= 0.3 is 0 Å². The van der Waals surface area contributed by atoms with Crippen molar-refractivity contribution in [1.82, 2.24) is 10.2 Å². The first-order valence-electron chi connectivity index (χ1n) is 10.4. The van der Waals surface area contributed by atoms with Gasteiger partial charge in [-0.05, 0) is 56.2 Å². The Hall–Kier alpha value is -1.75. The Balaban J connectivity index is 1.72. The maximum atomic E-state index is 5.68. The summed E-state index contributed by atoms with van der Waals surface area (Å²) in [5.41, 5.74) is 1.45. The van der Waals surface area contributed by atoms with Crippen molar-refractivity contribution < 1.29 is 9.47 Å². The Morgan fingerprint density at radius 1 is 1.30 bits per heavy atom. The van der Waals surface area contributed by atoms with Crippen molar-refractivity contribution in [3.05, 3.63) is 29.8 Å². The minimum absolute atomic E-state index is 0.0837. The van der Waals surface area contributed by atoms with Crippen LogP contribution in [0.1, 0.15) is 45.1 Å². The van der Waals surface area contributed by atoms with Gasteiger partial charge in [-0.3, -0.25) is 4.99 Å². The van der Waals surface area contributed by atoms with Crippen molar-refractivity contribution in [2.45, 2.75) is 44.9 Å². The van der Waals surface area contributed by atoms with Crippen LogP contribution in [0.5, 0.6) is 5.75 Å². The number of ether oxygens (including phenoxy) is 2. The van der Waals surface area contributed by atoms with E-state index >= 15 is 0 Å². The number of nitrogens with zero attached hydrogens (tertiary/aromatic N) is 2. The SMILES string of the molecule is CCOc1ccc(C2(CNC(=NC)N3CCCC(C)C3)CCOCC2)cc1. The van der Waals surface area contributed by atoms with E-state index in [0.717, 1.165) is 63.3 Å². The third-order valence-corrected chi connectivity index (χ3v) is 5.98. The van der Waals surface area contributed by atoms with Crippen LogP contribution in [-0.4, -0.2) is 57.4 Å². The molecule has 27 heavy (non-hydrogen) atoms. The molecule has 0 aliphatic carbocycles. The second-order valence-corrected chi connectivity index (χ2v) is 7.94. The molecule has 5 nitrogen and oxygen atoms in total. The molecule has 0 aromatic heterocycles. The van der Waals surface area contributed by atoms with E-state index in [4.69, 9.17) is 9.47 Å². The van der Waals surface area contributed by atoms with Gasteiger partial charge in [0.1, 0.15) is 5.75 Å². The lowest BCUT2D eigenvalue weighted by atomic mass is 9.74. The zero-order valence-electron chi connectivity index (χ0n) is 17.2. The molecule has 0 bridgehead atoms. The second kappa shape index (κ2) is 9.45. The minimum atomic E-state index is 0.0837. The Morgan fingerprint density at radius 3 is 2.67 bits per heavy atom. The second-order valence-electron chi connectivity index (χ2n) is 7.94. The van der Waals surface area contributed by atoms with E-state index in [1.54, 1.807) is 0 Å². The Bertz CT molecular complexity index is 608. The largest absolute Gasteiger partial charge is 0.494 e. The Labute approximate surface area is 164 Å². The number of benzene rings is 1. The lowest BCUT2D eigenvalue weighted by Crippen LogP contribution is -2.51. The predicted octanol–water partition coefficient (Wildman–Crippen LogP) is 3.44. The molecule has 1 unspecified atom stereocenters. The summed E-state index contributed by atoms with van der Waals surface area (Å²) >= 11 is 0. The van der Waals surface area contributed by atoms with E-state index in [0.29, 0.717) is 6.61 Å². The van der Waals surface area contributed by atoms with Gasteiger partial charge in [-0.2, -0.15) is 0 Å². The molecule has 150 valence electrons. The van der Waals surface area contributed by atoms with Gasteiger partial charge in [-0.15, -0.1) is 0 Å². The molecule has 3 rings (SSSR count). The Morgan fingerprint density at radius 2 is 2.04 bits per heavy atom. The summed E-state index contributed by atoms with van der Waals surface area (Å²) in [4.78, 5) is 6.99. The highest BCUT2D eigenvalue weighted by Crippen LogP contribution is 2.35. The van der Waals surface area contributed by atoms with Gasteiger partial charge in [-0.25, -0.2) is 0 Å². The van der Waals surface area contributed by atoms with Crippen LogP contribution in [0.4, 0.5) is 0 Å². The van der Waals surface area contributed by atoms with Gasteiger partial charge in [0.2, 0.25) is 0 Å². The van der Waals surface area contributed by atoms with E-state index in [1.807, 2.05) is 14.0 Å². The third-order valence-electron chi connectivity index (χ3n) is 5.98. The standard InChI is InChI=1S/C22H35N3O2/c1-4-27-20-9-7-19(8-10-20)22(11-14-26-15-12-22)17-24-21(23-3)25-13-5-6-18(2)16-25/h7-10,18H,4-6,11-17H2,1-3H3,(H,23,24). The number of aliphatic imine (C=N–C) groups is 1. The smallest absolute Gasteiger partial charge is 0.193 e. The van der Waals surface area contributed by atoms with Crippen LogP contribution >= 0.6 is 0 Å². The topological polar surface area (TPSA) is 46.1 Å². The van der Waals surface area contributed by atoms with Crippen LogP contribution in [-0.2, 0) is 10.2 Å². The van der Waals surface area contributed by atoms with Crippen molar-refractivity contribution in [2.24, 2.45) is 10.9 Å². The van der Waals surface area contributed by atoms with Gasteiger partial charge in [0.05, 0.1) is 6.61 Å². The fraction of sp³-hybridized carbons (Fsp3) is 0.682. The maximum Gasteiger partial charge on any atom is 0.193 e. The molecule has 2 aliphatic heterocycles. The zero-order valence-corrected chi connectivity index (χ0v) is 17.2. The molecule has 2 aliphatic rings. The van der Waals surface area contributed by atoms with E-state index in [1.165, 1.54) is 18.4 Å². The number of rotatable bonds is 5. The summed E-state index contributed by atoms with van der Waals surface area (Å²) in [6.45, 7) is 9.76. The summed E-state index contributed by atoms with van der Waals surface area (Å²) in [6.07, 6.45) is 4.63. The number of hydrogen-bond donors (Lipinski definition) is 1. The van der Waals surface area contributed by atoms with Gasteiger partial charge in [-0.1, -0.05) is 19.1 Å². The molecule has 1 aromatic rings. The highest BCUT2D eigenvalue weighted by atomic mass is 16.5. The third kappa shape index (κ3) is 4.95. The first kappa shape index (κ1) is 20.0. The first-order chi connectivity index (χ1) is 13.2. The first-order valence-corrected chi connectivity index (χ1v) is 10.4. The van der Waals surface area contributed by atoms with Crippen molar-refractivity contribution >= 4 is 5.96 Å². The summed E-state index contributed by atoms with van der Waals surface area (Å²) in [7, 11) is 1.90. The normalized spacial score (nSPS) is 23.1. The van der Waals surface area contributed by atoms with Crippen LogP contribution in [0.25, 0.3) is 0 Å². The predicted molar refractivity (Wildman–Crippen MR) is 111 cm³/mol. The van der Waals surface area contributed by atoms with Gasteiger partial charge < -0.3 is 19.7 Å². The summed E-state index contributed by atoms with van der Waals surface area (Å²) in [5, 5.41) is 3.70. The Kier molecular flexibility index (Phi) is 7.00. The average Bonchev–Trinajstić information content (AvgIpc) is 2.70.